The lowest BCUT2D eigenvalue weighted by atomic mass is 9.97. The molecule has 2 N–H and O–H groups in total. The Morgan fingerprint density at radius 2 is 1.93 bits per heavy atom. The Hall–Kier alpha value is -2.06. The second-order valence-corrected chi connectivity index (χ2v) is 8.22. The second kappa shape index (κ2) is 9.75. The van der Waals surface area contributed by atoms with E-state index < -0.39 is 16.1 Å². The Labute approximate surface area is 161 Å². The third kappa shape index (κ3) is 5.97. The maximum absolute atomic E-state index is 12.5. The van der Waals surface area contributed by atoms with E-state index in [9.17, 15) is 13.2 Å². The van der Waals surface area contributed by atoms with Crippen LogP contribution >= 0.6 is 0 Å². The van der Waals surface area contributed by atoms with Gasteiger partial charge in [0.2, 0.25) is 15.9 Å². The summed E-state index contributed by atoms with van der Waals surface area (Å²) < 4.78 is 37.7. The first-order chi connectivity index (χ1) is 12.9. The summed E-state index contributed by atoms with van der Waals surface area (Å²) in [5.41, 5.74) is 1.36. The van der Waals surface area contributed by atoms with Crippen LogP contribution in [-0.2, 0) is 14.8 Å². The van der Waals surface area contributed by atoms with Gasteiger partial charge in [0.1, 0.15) is 0 Å². The summed E-state index contributed by atoms with van der Waals surface area (Å²) in [6, 6.07) is 3.39. The molecule has 150 valence electrons. The van der Waals surface area contributed by atoms with Gasteiger partial charge in [-0.1, -0.05) is 11.6 Å². The highest BCUT2D eigenvalue weighted by atomic mass is 32.2. The van der Waals surface area contributed by atoms with Gasteiger partial charge in [0.25, 0.3) is 0 Å². The fourth-order valence-corrected chi connectivity index (χ4v) is 4.19. The molecule has 0 unspecified atom stereocenters. The summed E-state index contributed by atoms with van der Waals surface area (Å²) in [4.78, 5) is 12.2. The maximum atomic E-state index is 12.5. The molecule has 1 atom stereocenters. The van der Waals surface area contributed by atoms with Crippen LogP contribution in [0, 0.1) is 0 Å². The number of benzene rings is 1. The van der Waals surface area contributed by atoms with Crippen molar-refractivity contribution < 1.29 is 22.7 Å². The van der Waals surface area contributed by atoms with Crippen molar-refractivity contribution in [3.8, 4) is 11.5 Å². The number of amides is 1. The fourth-order valence-electron chi connectivity index (χ4n) is 2.97. The molecule has 0 saturated heterocycles. The number of sulfonamides is 1. The molecular weight excluding hydrogens is 368 g/mol. The van der Waals surface area contributed by atoms with Gasteiger partial charge in [-0.25, -0.2) is 8.42 Å². The average Bonchev–Trinajstić information content (AvgIpc) is 2.67. The summed E-state index contributed by atoms with van der Waals surface area (Å²) in [5.74, 6) is 0.382. The number of hydrogen-bond acceptors (Lipinski definition) is 5. The van der Waals surface area contributed by atoms with Crippen LogP contribution in [0.1, 0.15) is 39.0 Å². The standard InChI is InChI=1S/C19H28N2O5S/c1-14(19(22)20-12-11-15-7-5-4-6-8-15)21-27(23,24)16-9-10-17(25-2)18(13-16)26-3/h7,9-10,13-14,21H,4-6,8,11-12H2,1-3H3,(H,20,22)/t14-/m1/s1. The molecule has 27 heavy (non-hydrogen) atoms. The highest BCUT2D eigenvalue weighted by Crippen LogP contribution is 2.29. The molecule has 0 spiro atoms. The van der Waals surface area contributed by atoms with Crippen LogP contribution in [0.4, 0.5) is 0 Å². The Bertz CT molecular complexity index is 789. The van der Waals surface area contributed by atoms with E-state index in [1.807, 2.05) is 0 Å². The van der Waals surface area contributed by atoms with Crippen LogP contribution in [0.25, 0.3) is 0 Å². The molecular formula is C19H28N2O5S. The van der Waals surface area contributed by atoms with Crippen molar-refractivity contribution >= 4 is 15.9 Å². The lowest BCUT2D eigenvalue weighted by Gasteiger charge is -2.17. The van der Waals surface area contributed by atoms with Gasteiger partial charge in [-0.15, -0.1) is 0 Å². The summed E-state index contributed by atoms with van der Waals surface area (Å²) in [5, 5.41) is 2.79. The lowest BCUT2D eigenvalue weighted by molar-refractivity contribution is -0.122. The van der Waals surface area contributed by atoms with Crippen LogP contribution in [0.3, 0.4) is 0 Å². The minimum absolute atomic E-state index is 0.00663. The summed E-state index contributed by atoms with van der Waals surface area (Å²) in [6.45, 7) is 2.03. The molecule has 0 aliphatic heterocycles. The van der Waals surface area contributed by atoms with E-state index in [1.54, 1.807) is 0 Å². The summed E-state index contributed by atoms with van der Waals surface area (Å²) in [6.07, 6.45) is 7.65. The van der Waals surface area contributed by atoms with Crippen molar-refractivity contribution in [1.82, 2.24) is 10.0 Å². The molecule has 1 aromatic carbocycles. The third-order valence-corrected chi connectivity index (χ3v) is 6.06. The van der Waals surface area contributed by atoms with Gasteiger partial charge in [-0.05, 0) is 51.2 Å². The molecule has 2 rings (SSSR count). The minimum atomic E-state index is -3.87. The number of carbonyl (C=O) groups excluding carboxylic acids is 1. The van der Waals surface area contributed by atoms with Crippen LogP contribution in [0.5, 0.6) is 11.5 Å². The number of ether oxygens (including phenoxy) is 2. The van der Waals surface area contributed by atoms with E-state index in [1.165, 1.54) is 57.8 Å². The van der Waals surface area contributed by atoms with Crippen molar-refractivity contribution in [3.05, 3.63) is 29.8 Å². The molecule has 1 aliphatic rings. The Balaban J connectivity index is 1.93. The Morgan fingerprint density at radius 3 is 2.56 bits per heavy atom. The van der Waals surface area contributed by atoms with Crippen molar-refractivity contribution in [2.24, 2.45) is 0 Å². The molecule has 0 fully saturated rings. The van der Waals surface area contributed by atoms with Gasteiger partial charge in [-0.2, -0.15) is 4.72 Å². The number of nitrogens with one attached hydrogen (secondary N) is 2. The molecule has 0 aromatic heterocycles. The van der Waals surface area contributed by atoms with Crippen LogP contribution in [0.2, 0.25) is 0 Å². The predicted molar refractivity (Wildman–Crippen MR) is 104 cm³/mol. The fraction of sp³-hybridized carbons (Fsp3) is 0.526. The van der Waals surface area contributed by atoms with E-state index in [-0.39, 0.29) is 10.8 Å². The van der Waals surface area contributed by atoms with E-state index in [0.717, 1.165) is 19.3 Å². The van der Waals surface area contributed by atoms with E-state index >= 15 is 0 Å². The Morgan fingerprint density at radius 1 is 1.19 bits per heavy atom. The zero-order valence-corrected chi connectivity index (χ0v) is 16.9. The van der Waals surface area contributed by atoms with Crippen molar-refractivity contribution in [1.29, 1.82) is 0 Å². The monoisotopic (exact) mass is 396 g/mol. The van der Waals surface area contributed by atoms with Crippen LogP contribution < -0.4 is 19.5 Å². The quantitative estimate of drug-likeness (QED) is 0.625. The molecule has 1 aromatic rings. The molecule has 8 heteroatoms. The van der Waals surface area contributed by atoms with E-state index in [4.69, 9.17) is 9.47 Å². The van der Waals surface area contributed by atoms with Crippen molar-refractivity contribution in [3.63, 3.8) is 0 Å². The number of methoxy groups -OCH3 is 2. The number of carbonyl (C=O) groups is 1. The summed E-state index contributed by atoms with van der Waals surface area (Å²) >= 11 is 0. The minimum Gasteiger partial charge on any atom is -0.493 e. The van der Waals surface area contributed by atoms with E-state index in [0.29, 0.717) is 18.0 Å². The first-order valence-corrected chi connectivity index (χ1v) is 10.6. The molecule has 1 aliphatic carbocycles. The third-order valence-electron chi connectivity index (χ3n) is 4.52. The largest absolute Gasteiger partial charge is 0.493 e. The normalized spacial score (nSPS) is 15.6. The second-order valence-electron chi connectivity index (χ2n) is 6.51. The Kier molecular flexibility index (Phi) is 7.67. The maximum Gasteiger partial charge on any atom is 0.241 e. The smallest absolute Gasteiger partial charge is 0.241 e. The lowest BCUT2D eigenvalue weighted by Crippen LogP contribution is -2.45. The number of allylic oxidation sites excluding steroid dienone is 1. The van der Waals surface area contributed by atoms with Gasteiger partial charge >= 0.3 is 0 Å². The van der Waals surface area contributed by atoms with Crippen LogP contribution in [-0.4, -0.2) is 41.1 Å². The van der Waals surface area contributed by atoms with Gasteiger partial charge in [0.05, 0.1) is 25.2 Å². The molecule has 1 amide bonds. The molecule has 0 radical (unpaired) electrons. The van der Waals surface area contributed by atoms with E-state index in [2.05, 4.69) is 16.1 Å². The average molecular weight is 397 g/mol. The molecule has 7 nitrogen and oxygen atoms in total. The first kappa shape index (κ1) is 21.2. The highest BCUT2D eigenvalue weighted by molar-refractivity contribution is 7.89. The number of rotatable bonds is 9. The zero-order chi connectivity index (χ0) is 19.9. The summed E-state index contributed by atoms with van der Waals surface area (Å²) in [7, 11) is -0.963. The SMILES string of the molecule is COc1ccc(S(=O)(=O)N[C@H](C)C(=O)NCCC2=CCCCC2)cc1OC. The molecule has 0 bridgehead atoms. The van der Waals surface area contributed by atoms with Gasteiger partial charge in [0, 0.05) is 12.6 Å². The molecule has 0 heterocycles. The van der Waals surface area contributed by atoms with Crippen molar-refractivity contribution in [2.45, 2.75) is 50.0 Å². The van der Waals surface area contributed by atoms with Gasteiger partial charge < -0.3 is 14.8 Å². The van der Waals surface area contributed by atoms with Gasteiger partial charge in [-0.3, -0.25) is 4.79 Å². The number of hydrogen-bond donors (Lipinski definition) is 2. The highest BCUT2D eigenvalue weighted by Gasteiger charge is 2.23. The zero-order valence-electron chi connectivity index (χ0n) is 16.1. The van der Waals surface area contributed by atoms with Crippen LogP contribution in [0.15, 0.2) is 34.7 Å². The van der Waals surface area contributed by atoms with Crippen molar-refractivity contribution in [2.75, 3.05) is 20.8 Å². The first-order valence-electron chi connectivity index (χ1n) is 9.07. The predicted octanol–water partition coefficient (Wildman–Crippen LogP) is 2.38. The van der Waals surface area contributed by atoms with Gasteiger partial charge in [0.15, 0.2) is 11.5 Å². The topological polar surface area (TPSA) is 93.7 Å². The molecule has 0 saturated carbocycles.